The van der Waals surface area contributed by atoms with Crippen LogP contribution >= 0.6 is 15.9 Å². The summed E-state index contributed by atoms with van der Waals surface area (Å²) in [6, 6.07) is 8.14. The maximum absolute atomic E-state index is 11.5. The van der Waals surface area contributed by atoms with Gasteiger partial charge in [0.05, 0.1) is 7.11 Å². The molecule has 0 aromatic heterocycles. The number of likely N-dealkylation sites (N-methyl/N-ethyl adjacent to an activating group) is 1. The summed E-state index contributed by atoms with van der Waals surface area (Å²) in [5, 5.41) is 0. The number of methoxy groups -OCH3 is 1. The third-order valence-corrected chi connectivity index (χ3v) is 3.65. The van der Waals surface area contributed by atoms with Crippen LogP contribution in [0.4, 0.5) is 0 Å². The number of ether oxygens (including phenoxy) is 1. The van der Waals surface area contributed by atoms with Crippen LogP contribution in [0.3, 0.4) is 0 Å². The molecule has 0 radical (unpaired) electrons. The zero-order chi connectivity index (χ0) is 14.3. The van der Waals surface area contributed by atoms with Crippen molar-refractivity contribution >= 4 is 21.9 Å². The van der Waals surface area contributed by atoms with Gasteiger partial charge in [0, 0.05) is 23.1 Å². The van der Waals surface area contributed by atoms with Crippen molar-refractivity contribution in [3.8, 4) is 0 Å². The Morgan fingerprint density at radius 3 is 2.68 bits per heavy atom. The monoisotopic (exact) mass is 325 g/mol. The molecule has 0 bridgehead atoms. The number of esters is 1. The third kappa shape index (κ3) is 5.17. The molecule has 1 aromatic rings. The van der Waals surface area contributed by atoms with Crippen LogP contribution in [0.25, 0.3) is 0 Å². The average molecular weight is 326 g/mol. The van der Waals surface area contributed by atoms with Crippen LogP contribution in [0.1, 0.15) is 18.9 Å². The molecule has 1 aromatic carbocycles. The molecular formula is C15H20BrNO2. The zero-order valence-electron chi connectivity index (χ0n) is 11.6. The van der Waals surface area contributed by atoms with E-state index in [1.54, 1.807) is 0 Å². The standard InChI is InChI=1S/C15H20BrNO2/c1-4-12(15(18)19-3)9-10-17(2)11-13-7-5-6-8-14(13)16/h5-9H,4,10-11H2,1-3H3. The Bertz CT molecular complexity index is 457. The van der Waals surface area contributed by atoms with Crippen molar-refractivity contribution in [1.82, 2.24) is 4.90 Å². The predicted octanol–water partition coefficient (Wildman–Crippen LogP) is 3.39. The van der Waals surface area contributed by atoms with Crippen LogP contribution in [-0.2, 0) is 16.1 Å². The molecule has 0 saturated carbocycles. The maximum atomic E-state index is 11.5. The molecule has 0 N–H and O–H groups in total. The highest BCUT2D eigenvalue weighted by molar-refractivity contribution is 9.10. The number of hydrogen-bond donors (Lipinski definition) is 0. The quantitative estimate of drug-likeness (QED) is 0.593. The van der Waals surface area contributed by atoms with E-state index in [0.29, 0.717) is 6.42 Å². The van der Waals surface area contributed by atoms with Gasteiger partial charge in [0.25, 0.3) is 0 Å². The molecular weight excluding hydrogens is 306 g/mol. The molecule has 104 valence electrons. The highest BCUT2D eigenvalue weighted by Gasteiger charge is 2.07. The number of hydrogen-bond acceptors (Lipinski definition) is 3. The Kier molecular flexibility index (Phi) is 6.81. The summed E-state index contributed by atoms with van der Waals surface area (Å²) in [5.74, 6) is -0.239. The summed E-state index contributed by atoms with van der Waals surface area (Å²) >= 11 is 3.54. The lowest BCUT2D eigenvalue weighted by Gasteiger charge is -2.16. The van der Waals surface area contributed by atoms with E-state index in [9.17, 15) is 4.79 Å². The van der Waals surface area contributed by atoms with Gasteiger partial charge in [-0.3, -0.25) is 4.90 Å². The Labute approximate surface area is 123 Å². The van der Waals surface area contributed by atoms with Crippen molar-refractivity contribution in [2.75, 3.05) is 20.7 Å². The van der Waals surface area contributed by atoms with Crippen LogP contribution in [0, 0.1) is 0 Å². The second-order valence-electron chi connectivity index (χ2n) is 4.36. The second-order valence-corrected chi connectivity index (χ2v) is 5.22. The van der Waals surface area contributed by atoms with E-state index in [-0.39, 0.29) is 5.97 Å². The lowest BCUT2D eigenvalue weighted by Crippen LogP contribution is -2.19. The number of benzene rings is 1. The fourth-order valence-electron chi connectivity index (χ4n) is 1.75. The first kappa shape index (κ1) is 15.9. The first-order valence-corrected chi connectivity index (χ1v) is 7.07. The number of rotatable bonds is 6. The van der Waals surface area contributed by atoms with Gasteiger partial charge in [-0.05, 0) is 25.1 Å². The van der Waals surface area contributed by atoms with Gasteiger partial charge >= 0.3 is 5.97 Å². The molecule has 0 spiro atoms. The topological polar surface area (TPSA) is 29.5 Å². The molecule has 4 heteroatoms. The molecule has 0 fully saturated rings. The molecule has 0 aliphatic heterocycles. The first-order chi connectivity index (χ1) is 9.08. The average Bonchev–Trinajstić information content (AvgIpc) is 2.41. The summed E-state index contributed by atoms with van der Waals surface area (Å²) in [6.07, 6.45) is 2.62. The first-order valence-electron chi connectivity index (χ1n) is 6.27. The van der Waals surface area contributed by atoms with E-state index in [0.717, 1.165) is 23.1 Å². The van der Waals surface area contributed by atoms with E-state index in [2.05, 4.69) is 26.9 Å². The summed E-state index contributed by atoms with van der Waals surface area (Å²) in [7, 11) is 3.44. The Balaban J connectivity index is 2.60. The van der Waals surface area contributed by atoms with Crippen LogP contribution in [0.2, 0.25) is 0 Å². The lowest BCUT2D eigenvalue weighted by atomic mass is 10.2. The van der Waals surface area contributed by atoms with Crippen LogP contribution < -0.4 is 0 Å². The second kappa shape index (κ2) is 8.12. The van der Waals surface area contributed by atoms with E-state index in [4.69, 9.17) is 4.74 Å². The highest BCUT2D eigenvalue weighted by atomic mass is 79.9. The zero-order valence-corrected chi connectivity index (χ0v) is 13.2. The number of nitrogens with zero attached hydrogens (tertiary/aromatic N) is 1. The maximum Gasteiger partial charge on any atom is 0.333 e. The van der Waals surface area contributed by atoms with Crippen molar-refractivity contribution in [1.29, 1.82) is 0 Å². The third-order valence-electron chi connectivity index (χ3n) is 2.88. The van der Waals surface area contributed by atoms with Gasteiger partial charge in [-0.25, -0.2) is 4.79 Å². The van der Waals surface area contributed by atoms with Crippen molar-refractivity contribution < 1.29 is 9.53 Å². The van der Waals surface area contributed by atoms with Crippen molar-refractivity contribution in [3.05, 3.63) is 46.0 Å². The van der Waals surface area contributed by atoms with Crippen LogP contribution in [0.5, 0.6) is 0 Å². The molecule has 0 aliphatic rings. The van der Waals surface area contributed by atoms with E-state index < -0.39 is 0 Å². The smallest absolute Gasteiger partial charge is 0.333 e. The van der Waals surface area contributed by atoms with E-state index in [1.807, 2.05) is 38.2 Å². The highest BCUT2D eigenvalue weighted by Crippen LogP contribution is 2.17. The van der Waals surface area contributed by atoms with Crippen molar-refractivity contribution in [3.63, 3.8) is 0 Å². The molecule has 0 aliphatic carbocycles. The normalized spacial score (nSPS) is 11.7. The fraction of sp³-hybridized carbons (Fsp3) is 0.400. The van der Waals surface area contributed by atoms with E-state index in [1.165, 1.54) is 12.7 Å². The molecule has 0 heterocycles. The van der Waals surface area contributed by atoms with Gasteiger partial charge in [-0.1, -0.05) is 47.1 Å². The fourth-order valence-corrected chi connectivity index (χ4v) is 2.16. The molecule has 0 amide bonds. The Morgan fingerprint density at radius 2 is 2.11 bits per heavy atom. The van der Waals surface area contributed by atoms with E-state index >= 15 is 0 Å². The van der Waals surface area contributed by atoms with Gasteiger partial charge in [0.1, 0.15) is 0 Å². The summed E-state index contributed by atoms with van der Waals surface area (Å²) in [5.41, 5.74) is 1.95. The predicted molar refractivity (Wildman–Crippen MR) is 80.9 cm³/mol. The van der Waals surface area contributed by atoms with Gasteiger partial charge in [0.15, 0.2) is 0 Å². The van der Waals surface area contributed by atoms with Gasteiger partial charge in [0.2, 0.25) is 0 Å². The lowest BCUT2D eigenvalue weighted by molar-refractivity contribution is -0.136. The van der Waals surface area contributed by atoms with Gasteiger partial charge < -0.3 is 4.74 Å². The van der Waals surface area contributed by atoms with Crippen LogP contribution in [0.15, 0.2) is 40.4 Å². The SMILES string of the molecule is CCC(=CCN(C)Cc1ccccc1Br)C(=O)OC. The minimum Gasteiger partial charge on any atom is -0.466 e. The summed E-state index contributed by atoms with van der Waals surface area (Å²) < 4.78 is 5.85. The van der Waals surface area contributed by atoms with Gasteiger partial charge in [-0.2, -0.15) is 0 Å². The molecule has 1 rings (SSSR count). The molecule has 19 heavy (non-hydrogen) atoms. The minimum atomic E-state index is -0.239. The molecule has 3 nitrogen and oxygen atoms in total. The largest absolute Gasteiger partial charge is 0.466 e. The van der Waals surface area contributed by atoms with Crippen molar-refractivity contribution in [2.24, 2.45) is 0 Å². The molecule has 0 saturated heterocycles. The minimum absolute atomic E-state index is 0.239. The number of carbonyl (C=O) groups excluding carboxylic acids is 1. The number of halogens is 1. The molecule has 0 atom stereocenters. The molecule has 0 unspecified atom stereocenters. The van der Waals surface area contributed by atoms with Crippen molar-refractivity contribution in [2.45, 2.75) is 19.9 Å². The van der Waals surface area contributed by atoms with Crippen LogP contribution in [-0.4, -0.2) is 31.6 Å². The Hall–Kier alpha value is -1.13. The summed E-state index contributed by atoms with van der Waals surface area (Å²) in [6.45, 7) is 3.51. The number of carbonyl (C=O) groups is 1. The summed E-state index contributed by atoms with van der Waals surface area (Å²) in [4.78, 5) is 13.6. The van der Waals surface area contributed by atoms with Gasteiger partial charge in [-0.15, -0.1) is 0 Å². The Morgan fingerprint density at radius 1 is 1.42 bits per heavy atom.